The van der Waals surface area contributed by atoms with E-state index in [1.165, 1.54) is 0 Å². The molecule has 0 aromatic rings. The maximum atomic E-state index is 10.4. The molecule has 0 radical (unpaired) electrons. The lowest BCUT2D eigenvalue weighted by Crippen LogP contribution is -2.40. The van der Waals surface area contributed by atoms with Crippen LogP contribution in [-0.4, -0.2) is 38.0 Å². The second-order valence-corrected chi connectivity index (χ2v) is 10.9. The molecule has 3 nitrogen and oxygen atoms in total. The van der Waals surface area contributed by atoms with Gasteiger partial charge in [0.1, 0.15) is 21.0 Å². The molecule has 0 saturated carbocycles. The van der Waals surface area contributed by atoms with Crippen LogP contribution in [0.15, 0.2) is 0 Å². The third kappa shape index (κ3) is 2.24. The van der Waals surface area contributed by atoms with Gasteiger partial charge in [0.15, 0.2) is 0 Å². The van der Waals surface area contributed by atoms with Crippen molar-refractivity contribution in [1.82, 2.24) is 0 Å². The van der Waals surface area contributed by atoms with Gasteiger partial charge in [0.2, 0.25) is 0 Å². The highest BCUT2D eigenvalue weighted by atomic mass is 29.2. The van der Waals surface area contributed by atoms with Gasteiger partial charge in [0.05, 0.1) is 0 Å². The molecule has 0 rings (SSSR count). The van der Waals surface area contributed by atoms with Crippen LogP contribution in [0.1, 0.15) is 0 Å². The van der Waals surface area contributed by atoms with Crippen molar-refractivity contribution in [2.45, 2.75) is 6.55 Å². The normalized spacial score (nSPS) is 18.1. The van der Waals surface area contributed by atoms with Crippen LogP contribution in [0, 0.1) is 0 Å². The fourth-order valence-corrected chi connectivity index (χ4v) is 4.85. The van der Waals surface area contributed by atoms with Gasteiger partial charge in [0.25, 0.3) is 0 Å². The lowest BCUT2D eigenvalue weighted by atomic mass is 11.9. The summed E-state index contributed by atoms with van der Waals surface area (Å²) in [6, 6.07) is 0. The minimum atomic E-state index is -2.02. The largest absolute Gasteiger partial charge is 0.443 e. The average molecular weight is 182 g/mol. The van der Waals surface area contributed by atoms with Gasteiger partial charge in [-0.3, -0.25) is 0 Å². The van der Waals surface area contributed by atoms with E-state index < -0.39 is 17.0 Å². The summed E-state index contributed by atoms with van der Waals surface area (Å²) < 4.78 is 20.5. The standard InChI is InChI=1S/CH10O3Si4/c1-8(3-5,4-6)7-2/h7H,1,5-6H3. The van der Waals surface area contributed by atoms with E-state index in [2.05, 4.69) is 0 Å². The molecule has 0 amide bonds. The molecule has 7 heteroatoms. The fraction of sp³-hybridized carbons (Fsp3) is 1.00. The number of hydrogen-bond acceptors (Lipinski definition) is 3. The van der Waals surface area contributed by atoms with Gasteiger partial charge in [-0.2, -0.15) is 0 Å². The average Bonchev–Trinajstić information content (AvgIpc) is 1.87. The van der Waals surface area contributed by atoms with Gasteiger partial charge in [-0.1, -0.05) is 0 Å². The first kappa shape index (κ1) is 8.59. The Kier molecular flexibility index (Phi) is 3.85. The van der Waals surface area contributed by atoms with Crippen molar-refractivity contribution in [3.05, 3.63) is 0 Å². The second-order valence-electron chi connectivity index (χ2n) is 1.54. The molecule has 8 heavy (non-hydrogen) atoms. The maximum Gasteiger partial charge on any atom is 0.357 e. The molecule has 0 bridgehead atoms. The van der Waals surface area contributed by atoms with Crippen molar-refractivity contribution in [3.63, 3.8) is 0 Å². The second kappa shape index (κ2) is 3.58. The van der Waals surface area contributed by atoms with Crippen LogP contribution < -0.4 is 0 Å². The molecule has 0 fully saturated rings. The number of hydrogen-bond donors (Lipinski definition) is 0. The molecule has 0 unspecified atom stereocenters. The summed E-state index contributed by atoms with van der Waals surface area (Å²) in [6.07, 6.45) is 0. The molecule has 0 aromatic heterocycles. The zero-order chi connectivity index (χ0) is 6.62. The fourth-order valence-electron chi connectivity index (χ4n) is 0.180. The minimum absolute atomic E-state index is 0.646. The SMILES string of the molecule is C[Si](O[SiH3])(O[SiH3])[SiH]=O. The topological polar surface area (TPSA) is 35.5 Å². The minimum Gasteiger partial charge on any atom is -0.443 e. The van der Waals surface area contributed by atoms with E-state index in [4.69, 9.17) is 8.23 Å². The molecule has 0 atom stereocenters. The molecule has 0 N–H and O–H groups in total. The van der Waals surface area contributed by atoms with E-state index in [0.717, 1.165) is 0 Å². The zero-order valence-electron chi connectivity index (χ0n) is 5.30. The summed E-state index contributed by atoms with van der Waals surface area (Å²) >= 11 is 0. The van der Waals surface area contributed by atoms with Gasteiger partial charge in [-0.15, -0.1) is 0 Å². The van der Waals surface area contributed by atoms with Crippen LogP contribution in [0.3, 0.4) is 0 Å². The molecule has 0 saturated heterocycles. The van der Waals surface area contributed by atoms with E-state index in [0.29, 0.717) is 21.0 Å². The molecule has 0 heterocycles. The molecular formula is CH10O3Si4. The van der Waals surface area contributed by atoms with Crippen LogP contribution in [0.5, 0.6) is 0 Å². The Bertz CT molecular complexity index is 79.4. The van der Waals surface area contributed by atoms with Crippen molar-refractivity contribution in [2.24, 2.45) is 0 Å². The molecule has 0 spiro atoms. The summed E-state index contributed by atoms with van der Waals surface area (Å²) in [5, 5.41) is 0. The first-order valence-corrected chi connectivity index (χ1v) is 8.48. The Hall–Kier alpha value is 0.588. The highest BCUT2D eigenvalue weighted by Crippen LogP contribution is 1.95. The summed E-state index contributed by atoms with van der Waals surface area (Å²) in [6.45, 7) is 1.84. The lowest BCUT2D eigenvalue weighted by molar-refractivity contribution is 0.456. The Balaban J connectivity index is 3.76. The zero-order valence-corrected chi connectivity index (χ0v) is 11.5. The van der Waals surface area contributed by atoms with Crippen LogP contribution in [0.2, 0.25) is 6.55 Å². The van der Waals surface area contributed by atoms with Gasteiger partial charge in [-0.25, -0.2) is 0 Å². The third-order valence-electron chi connectivity index (χ3n) is 1.02. The van der Waals surface area contributed by atoms with Crippen molar-refractivity contribution in [3.8, 4) is 0 Å². The Labute approximate surface area is 57.8 Å². The predicted octanol–water partition coefficient (Wildman–Crippen LogP) is -3.07. The molecule has 48 valence electrons. The van der Waals surface area contributed by atoms with E-state index in [-0.39, 0.29) is 0 Å². The van der Waals surface area contributed by atoms with Crippen LogP contribution >= 0.6 is 0 Å². The van der Waals surface area contributed by atoms with Crippen LogP contribution in [0.4, 0.5) is 0 Å². The third-order valence-corrected chi connectivity index (χ3v) is 13.5. The maximum absolute atomic E-state index is 10.4. The first-order valence-electron chi connectivity index (χ1n) is 2.25. The molecule has 0 aliphatic carbocycles. The number of rotatable bonds is 3. The molecule has 0 aromatic carbocycles. The van der Waals surface area contributed by atoms with E-state index in [1.54, 1.807) is 0 Å². The van der Waals surface area contributed by atoms with Crippen molar-refractivity contribution in [2.75, 3.05) is 0 Å². The molecule has 0 aliphatic rings. The lowest BCUT2D eigenvalue weighted by Gasteiger charge is -2.15. The van der Waals surface area contributed by atoms with Gasteiger partial charge in [-0.05, 0) is 6.55 Å². The van der Waals surface area contributed by atoms with Crippen molar-refractivity contribution >= 4 is 38.0 Å². The van der Waals surface area contributed by atoms with Crippen LogP contribution in [-0.2, 0) is 12.7 Å². The predicted molar refractivity (Wildman–Crippen MR) is 41.5 cm³/mol. The quantitative estimate of drug-likeness (QED) is 0.435. The van der Waals surface area contributed by atoms with Gasteiger partial charge < -0.3 is 12.7 Å². The Morgan fingerprint density at radius 2 is 1.88 bits per heavy atom. The Morgan fingerprint density at radius 1 is 1.50 bits per heavy atom. The smallest absolute Gasteiger partial charge is 0.357 e. The summed E-state index contributed by atoms with van der Waals surface area (Å²) in [5.74, 6) is 0. The van der Waals surface area contributed by atoms with E-state index in [9.17, 15) is 4.46 Å². The van der Waals surface area contributed by atoms with E-state index >= 15 is 0 Å². The highest BCUT2D eigenvalue weighted by molar-refractivity contribution is 7.13. The van der Waals surface area contributed by atoms with E-state index in [1.807, 2.05) is 6.55 Å². The van der Waals surface area contributed by atoms with Crippen molar-refractivity contribution < 1.29 is 12.7 Å². The van der Waals surface area contributed by atoms with Gasteiger partial charge >= 0.3 is 17.0 Å². The van der Waals surface area contributed by atoms with Gasteiger partial charge in [0, 0.05) is 0 Å². The monoisotopic (exact) mass is 182 g/mol. The molecular weight excluding hydrogens is 172 g/mol. The Morgan fingerprint density at radius 3 is 1.88 bits per heavy atom. The first-order chi connectivity index (χ1) is 3.68. The summed E-state index contributed by atoms with van der Waals surface area (Å²) in [4.78, 5) is 0. The summed E-state index contributed by atoms with van der Waals surface area (Å²) in [5.41, 5.74) is 0. The summed E-state index contributed by atoms with van der Waals surface area (Å²) in [7, 11) is -1.55. The van der Waals surface area contributed by atoms with Crippen molar-refractivity contribution in [1.29, 1.82) is 0 Å². The molecule has 0 aliphatic heterocycles. The van der Waals surface area contributed by atoms with Crippen LogP contribution in [0.25, 0.3) is 0 Å². The highest BCUT2D eigenvalue weighted by Gasteiger charge is 2.26.